The fourth-order valence-electron chi connectivity index (χ4n) is 7.22. The third-order valence-electron chi connectivity index (χ3n) is 9.78. The number of rotatable bonds is 5. The van der Waals surface area contributed by atoms with E-state index in [0.29, 0.717) is 5.92 Å². The summed E-state index contributed by atoms with van der Waals surface area (Å²) < 4.78 is 19.5. The number of nitrogens with zero attached hydrogens (tertiary/aromatic N) is 3. The average molecular weight is 1230 g/mol. The number of aliphatic hydroxyl groups is 1. The van der Waals surface area contributed by atoms with Crippen LogP contribution in [0.1, 0.15) is 126 Å². The Morgan fingerprint density at radius 1 is 0.836 bits per heavy atom. The first-order valence-corrected chi connectivity index (χ1v) is 20.2. The zero-order valence-electron chi connectivity index (χ0n) is 37.3. The molecule has 1 aromatic rings. The van der Waals surface area contributed by atoms with E-state index >= 15 is 0 Å². The van der Waals surface area contributed by atoms with E-state index in [1.807, 2.05) is 24.4 Å². The number of hydrogen-bond acceptors (Lipinski definition) is 9. The predicted molar refractivity (Wildman–Crippen MR) is 224 cm³/mol. The number of pyridine rings is 1. The van der Waals surface area contributed by atoms with Crippen molar-refractivity contribution in [3.63, 3.8) is 0 Å². The Hall–Kier alpha value is 1.59. The van der Waals surface area contributed by atoms with Crippen molar-refractivity contribution in [2.24, 2.45) is 17.8 Å². The van der Waals surface area contributed by atoms with Crippen LogP contribution >= 0.6 is 24.0 Å². The van der Waals surface area contributed by atoms with Gasteiger partial charge in [0.2, 0.25) is 0 Å². The first-order chi connectivity index (χ1) is 23.0. The van der Waals surface area contributed by atoms with Gasteiger partial charge in [-0.25, -0.2) is 0 Å². The molecule has 0 aliphatic carbocycles. The molecule has 0 radical (unpaired) electrons. The van der Waals surface area contributed by atoms with Gasteiger partial charge in [0.15, 0.2) is 0 Å². The van der Waals surface area contributed by atoms with Crippen molar-refractivity contribution >= 4 is 30.4 Å². The van der Waals surface area contributed by atoms with Crippen molar-refractivity contribution in [3.8, 4) is 0 Å². The molecule has 55 heavy (non-hydrogen) atoms. The first kappa shape index (κ1) is 77.2. The van der Waals surface area contributed by atoms with Crippen molar-refractivity contribution in [1.29, 1.82) is 0 Å². The molecule has 334 valence electrons. The fraction of sp³-hybridized carbons (Fsp3) is 0.821. The quantitative estimate of drug-likeness (QED) is 0.0812. The number of carbonyl (C=O) groups excluding carboxylic acids is 1. The SMILES string of the molecule is CC(C)C1CCCCN1.CC(C)C1CCCC[N+]1(C)C.CC(C)C1CCCC[N+]1(C)C.CC(C)c1ccccn1.CO.I.O.O=CO[O-].[CH3+].[HH].[I-].[K+].[OH-].[O]=[Pt]=[O]. The van der Waals surface area contributed by atoms with Crippen LogP contribution in [0.25, 0.3) is 0 Å². The third kappa shape index (κ3) is 40.8. The molecule has 12 nitrogen and oxygen atoms in total. The summed E-state index contributed by atoms with van der Waals surface area (Å²) in [7, 11) is 10.5. The van der Waals surface area contributed by atoms with Gasteiger partial charge < -0.3 is 64.5 Å². The number of aromatic nitrogens is 1. The van der Waals surface area contributed by atoms with E-state index in [1.165, 1.54) is 86.4 Å². The van der Waals surface area contributed by atoms with Crippen LogP contribution < -0.4 is 85.9 Å². The van der Waals surface area contributed by atoms with Crippen LogP contribution in [-0.4, -0.2) is 110 Å². The summed E-state index contributed by atoms with van der Waals surface area (Å²) in [4.78, 5) is 15.4. The molecule has 0 bridgehead atoms. The van der Waals surface area contributed by atoms with Gasteiger partial charge in [-0.05, 0) is 81.9 Å². The molecule has 5 N–H and O–H groups in total. The van der Waals surface area contributed by atoms with Gasteiger partial charge in [0, 0.05) is 45.7 Å². The molecular formula is C39H86I2KN4O8Pt+. The molecule has 1 aromatic heterocycles. The number of carbonyl (C=O) groups is 1. The van der Waals surface area contributed by atoms with Crippen LogP contribution in [0, 0.1) is 25.2 Å². The van der Waals surface area contributed by atoms with Gasteiger partial charge in [-0.3, -0.25) is 9.78 Å². The number of nitrogens with one attached hydrogen (secondary N) is 1. The van der Waals surface area contributed by atoms with E-state index in [1.54, 1.807) is 0 Å². The van der Waals surface area contributed by atoms with Crippen LogP contribution in [0.3, 0.4) is 0 Å². The number of aliphatic hydroxyl groups excluding tert-OH is 1. The standard InChI is InChI=1S/2C10H22N.C8H17N.C8H11N.CH2O3.CH4O.CH3.2HI.K.2H2O.2O.Pt.H2/c2*1-9(2)10-7-5-6-8-11(10,3)4;2*1-7(2)8-5-3-4-6-9-8;2-1-4-3;1-2;;;;;;;;;;/h2*9-10H,5-8H2,1-4H3;7-9H,3-6H2,1-2H3;3-7H,1-2H3;1,3H;2H,1H3;1H3;2*1H;;2*1H2;;;;1H/q2*+1;;;;;+1;;;+1;;;;;;/p-3. The van der Waals surface area contributed by atoms with Crippen molar-refractivity contribution in [2.75, 3.05) is 54.9 Å². The summed E-state index contributed by atoms with van der Waals surface area (Å²) in [6.07, 6.45) is 14.6. The Morgan fingerprint density at radius 3 is 1.40 bits per heavy atom. The molecule has 3 unspecified atom stereocenters. The molecule has 3 atom stereocenters. The molecule has 0 saturated carbocycles. The third-order valence-corrected chi connectivity index (χ3v) is 9.78. The Kier molecular flexibility index (Phi) is 67.8. The summed E-state index contributed by atoms with van der Waals surface area (Å²) in [6, 6.07) is 8.62. The molecule has 0 spiro atoms. The number of piperidine rings is 3. The number of halogens is 2. The van der Waals surface area contributed by atoms with Gasteiger partial charge in [0.05, 0.1) is 53.4 Å². The maximum atomic E-state index is 8.64. The normalized spacial score (nSPS) is 19.6. The molecule has 4 heterocycles. The monoisotopic (exact) mass is 1230 g/mol. The number of quaternary nitrogens is 2. The molecule has 3 aliphatic heterocycles. The van der Waals surface area contributed by atoms with Crippen LogP contribution in [0.2, 0.25) is 0 Å². The number of hydrogen-bond donors (Lipinski definition) is 2. The fourth-order valence-corrected chi connectivity index (χ4v) is 7.22. The van der Waals surface area contributed by atoms with Crippen molar-refractivity contribution in [2.45, 2.75) is 137 Å². The molecule has 16 heteroatoms. The van der Waals surface area contributed by atoms with Gasteiger partial charge in [-0.2, -0.15) is 0 Å². The summed E-state index contributed by atoms with van der Waals surface area (Å²) in [5, 5.41) is 18.9. The first-order valence-electron chi connectivity index (χ1n) is 18.3. The van der Waals surface area contributed by atoms with Gasteiger partial charge in [0.25, 0.3) is 6.47 Å². The van der Waals surface area contributed by atoms with Gasteiger partial charge in [-0.15, -0.1) is 24.0 Å². The van der Waals surface area contributed by atoms with E-state index in [-0.39, 0.29) is 126 Å². The van der Waals surface area contributed by atoms with Gasteiger partial charge in [0.1, 0.15) is 0 Å². The van der Waals surface area contributed by atoms with Crippen LogP contribution in [0.15, 0.2) is 24.4 Å². The maximum absolute atomic E-state index is 8.64. The predicted octanol–water partition coefficient (Wildman–Crippen LogP) is 0.656. The van der Waals surface area contributed by atoms with E-state index in [9.17, 15) is 0 Å². The molecule has 0 amide bonds. The van der Waals surface area contributed by atoms with Crippen molar-refractivity contribution in [1.82, 2.24) is 10.3 Å². The average Bonchev–Trinajstić information content (AvgIpc) is 3.07. The van der Waals surface area contributed by atoms with Gasteiger partial charge in [-0.1, -0.05) is 67.9 Å². The topological polar surface area (TPSA) is 190 Å². The van der Waals surface area contributed by atoms with Crippen LogP contribution in [-0.2, 0) is 35.0 Å². The Morgan fingerprint density at radius 2 is 1.22 bits per heavy atom. The van der Waals surface area contributed by atoms with Gasteiger partial charge >= 0.3 is 76.7 Å². The Balaban J connectivity index is -0.0000000567. The Labute approximate surface area is 425 Å². The molecule has 0 aromatic carbocycles. The van der Waals surface area contributed by atoms with Crippen LogP contribution in [0.5, 0.6) is 0 Å². The second-order valence-corrected chi connectivity index (χ2v) is 16.0. The summed E-state index contributed by atoms with van der Waals surface area (Å²) in [5.41, 5.74) is 1.16. The minimum atomic E-state index is -1.92. The molecule has 3 fully saturated rings. The zero-order valence-corrected chi connectivity index (χ0v) is 47.2. The second kappa shape index (κ2) is 48.3. The Bertz CT molecular complexity index is 921. The van der Waals surface area contributed by atoms with Crippen LogP contribution in [0.4, 0.5) is 0 Å². The molecular weight excluding hydrogens is 1140 g/mol. The molecule has 3 saturated heterocycles. The van der Waals surface area contributed by atoms with Crippen molar-refractivity contribution in [3.05, 3.63) is 37.5 Å². The number of likely N-dealkylation sites (tertiary alicyclic amines) is 2. The van der Waals surface area contributed by atoms with E-state index in [0.717, 1.165) is 48.7 Å². The summed E-state index contributed by atoms with van der Waals surface area (Å²) in [6.45, 7) is 22.1. The van der Waals surface area contributed by atoms with E-state index < -0.39 is 18.5 Å². The molecule has 4 rings (SSSR count). The van der Waals surface area contributed by atoms with E-state index in [4.69, 9.17) is 22.0 Å². The molecule has 3 aliphatic rings. The summed E-state index contributed by atoms with van der Waals surface area (Å²) >= 11 is -1.92. The van der Waals surface area contributed by atoms with Crippen molar-refractivity contribution < 1.29 is 142 Å². The van der Waals surface area contributed by atoms with E-state index in [2.05, 4.69) is 98.8 Å². The second-order valence-electron chi connectivity index (χ2n) is 15.6. The summed E-state index contributed by atoms with van der Waals surface area (Å²) in [5.74, 6) is 3.08. The zero-order chi connectivity index (χ0) is 38.5. The minimum absolute atomic E-state index is 0.